The smallest absolute Gasteiger partial charge is 0.309 e. The Morgan fingerprint density at radius 3 is 2.82 bits per heavy atom. The molecule has 1 aliphatic heterocycles. The molecule has 1 aromatic rings. The highest BCUT2D eigenvalue weighted by Gasteiger charge is 2.37. The average molecular weight is 235 g/mol. The van der Waals surface area contributed by atoms with Gasteiger partial charge in [-0.3, -0.25) is 4.79 Å². The second-order valence-electron chi connectivity index (χ2n) is 5.13. The van der Waals surface area contributed by atoms with Crippen molar-refractivity contribution in [2.24, 2.45) is 5.92 Å². The summed E-state index contributed by atoms with van der Waals surface area (Å²) in [5.41, 5.74) is 0. The molecule has 0 N–H and O–H groups in total. The largest absolute Gasteiger partial charge is 0.469 e. The minimum Gasteiger partial charge on any atom is -0.469 e. The van der Waals surface area contributed by atoms with E-state index in [0.717, 1.165) is 18.1 Å². The molecule has 2 heterocycles. The van der Waals surface area contributed by atoms with Gasteiger partial charge in [0.05, 0.1) is 13.0 Å². The van der Waals surface area contributed by atoms with Crippen LogP contribution in [0.2, 0.25) is 0 Å². The minimum absolute atomic E-state index is 0.0567. The van der Waals surface area contributed by atoms with E-state index in [2.05, 4.69) is 21.7 Å². The molecule has 1 fully saturated rings. The molecule has 0 aromatic carbocycles. The number of fused-ring (bicyclic) bond motifs is 1. The number of carbonyl (C=O) groups excluding carboxylic acids is 1. The summed E-state index contributed by atoms with van der Waals surface area (Å²) in [6.45, 7) is 2.13. The van der Waals surface area contributed by atoms with E-state index in [4.69, 9.17) is 4.74 Å². The molecule has 0 radical (unpaired) electrons. The quantitative estimate of drug-likeness (QED) is 0.728. The average Bonchev–Trinajstić information content (AvgIpc) is 3.08. The Labute approximate surface area is 100 Å². The third kappa shape index (κ3) is 1.73. The monoisotopic (exact) mass is 235 g/mol. The highest BCUT2D eigenvalue weighted by Crippen LogP contribution is 2.42. The lowest BCUT2D eigenvalue weighted by molar-refractivity contribution is -0.146. The zero-order valence-corrected chi connectivity index (χ0v) is 10.2. The molecular formula is C12H17N3O2. The van der Waals surface area contributed by atoms with Gasteiger partial charge in [-0.15, -0.1) is 10.2 Å². The Hall–Kier alpha value is -1.39. The molecule has 17 heavy (non-hydrogen) atoms. The zero-order valence-electron chi connectivity index (χ0n) is 10.2. The molecule has 0 amide bonds. The Bertz CT molecular complexity index is 451. The number of aromatic nitrogens is 3. The van der Waals surface area contributed by atoms with Crippen LogP contribution in [0.15, 0.2) is 0 Å². The van der Waals surface area contributed by atoms with E-state index in [1.807, 2.05) is 0 Å². The maximum absolute atomic E-state index is 11.6. The van der Waals surface area contributed by atoms with E-state index in [0.29, 0.717) is 18.4 Å². The van der Waals surface area contributed by atoms with Crippen LogP contribution in [0, 0.1) is 5.92 Å². The van der Waals surface area contributed by atoms with E-state index in [-0.39, 0.29) is 11.9 Å². The number of ether oxygens (including phenoxy) is 1. The maximum Gasteiger partial charge on any atom is 0.309 e. The summed E-state index contributed by atoms with van der Waals surface area (Å²) in [5.74, 6) is 2.49. The standard InChI is InChI=1S/C12H17N3O2/c1-7-5-9(12(16)17-2)6-10-13-14-11(15(7)10)8-3-4-8/h7-9H,3-6H2,1-2H3. The summed E-state index contributed by atoms with van der Waals surface area (Å²) < 4.78 is 7.06. The normalized spacial score (nSPS) is 27.6. The molecule has 5 nitrogen and oxygen atoms in total. The molecule has 2 unspecified atom stereocenters. The van der Waals surface area contributed by atoms with Crippen molar-refractivity contribution in [3.05, 3.63) is 11.6 Å². The van der Waals surface area contributed by atoms with Crippen molar-refractivity contribution in [2.75, 3.05) is 7.11 Å². The summed E-state index contributed by atoms with van der Waals surface area (Å²) in [5, 5.41) is 8.53. The molecule has 1 saturated carbocycles. The number of hydrogen-bond acceptors (Lipinski definition) is 4. The van der Waals surface area contributed by atoms with Crippen LogP contribution in [0.4, 0.5) is 0 Å². The molecule has 2 aliphatic rings. The molecule has 1 aliphatic carbocycles. The molecule has 0 spiro atoms. The number of methoxy groups -OCH3 is 1. The fraction of sp³-hybridized carbons (Fsp3) is 0.750. The number of esters is 1. The molecule has 5 heteroatoms. The first-order valence-corrected chi connectivity index (χ1v) is 6.22. The number of carbonyl (C=O) groups is 1. The third-order valence-electron chi connectivity index (χ3n) is 3.77. The van der Waals surface area contributed by atoms with Gasteiger partial charge in [0.25, 0.3) is 0 Å². The molecule has 0 saturated heterocycles. The lowest BCUT2D eigenvalue weighted by Crippen LogP contribution is -2.29. The number of nitrogens with zero attached hydrogens (tertiary/aromatic N) is 3. The number of rotatable bonds is 2. The summed E-state index contributed by atoms with van der Waals surface area (Å²) >= 11 is 0. The van der Waals surface area contributed by atoms with Gasteiger partial charge >= 0.3 is 5.97 Å². The SMILES string of the molecule is COC(=O)C1Cc2nnc(C3CC3)n2C(C)C1. The van der Waals surface area contributed by atoms with Crippen LogP contribution in [0.3, 0.4) is 0 Å². The van der Waals surface area contributed by atoms with Crippen LogP contribution in [0.5, 0.6) is 0 Å². The lowest BCUT2D eigenvalue weighted by atomic mass is 9.93. The lowest BCUT2D eigenvalue weighted by Gasteiger charge is -2.27. The topological polar surface area (TPSA) is 57.0 Å². The second kappa shape index (κ2) is 3.82. The van der Waals surface area contributed by atoms with E-state index in [1.54, 1.807) is 0 Å². The Morgan fingerprint density at radius 1 is 1.41 bits per heavy atom. The van der Waals surface area contributed by atoms with Gasteiger partial charge in [-0.05, 0) is 26.2 Å². The predicted octanol–water partition coefficient (Wildman–Crippen LogP) is 1.45. The van der Waals surface area contributed by atoms with Gasteiger partial charge in [-0.2, -0.15) is 0 Å². The van der Waals surface area contributed by atoms with Crippen LogP contribution >= 0.6 is 0 Å². The van der Waals surface area contributed by atoms with Crippen LogP contribution < -0.4 is 0 Å². The first-order chi connectivity index (χ1) is 8.20. The number of hydrogen-bond donors (Lipinski definition) is 0. The zero-order chi connectivity index (χ0) is 12.0. The summed E-state index contributed by atoms with van der Waals surface area (Å²) in [4.78, 5) is 11.6. The van der Waals surface area contributed by atoms with Crippen molar-refractivity contribution in [1.29, 1.82) is 0 Å². The van der Waals surface area contributed by atoms with Gasteiger partial charge in [0, 0.05) is 18.4 Å². The maximum atomic E-state index is 11.6. The van der Waals surface area contributed by atoms with Gasteiger partial charge < -0.3 is 9.30 Å². The molecular weight excluding hydrogens is 218 g/mol. The first-order valence-electron chi connectivity index (χ1n) is 6.22. The van der Waals surface area contributed by atoms with Gasteiger partial charge in [0.1, 0.15) is 11.6 Å². The molecule has 1 aromatic heterocycles. The van der Waals surface area contributed by atoms with Crippen LogP contribution in [-0.2, 0) is 16.0 Å². The Kier molecular flexibility index (Phi) is 2.42. The third-order valence-corrected chi connectivity index (χ3v) is 3.77. The van der Waals surface area contributed by atoms with Crippen molar-refractivity contribution in [3.63, 3.8) is 0 Å². The van der Waals surface area contributed by atoms with Gasteiger partial charge in [-0.1, -0.05) is 0 Å². The van der Waals surface area contributed by atoms with Crippen molar-refractivity contribution < 1.29 is 9.53 Å². The molecule has 3 rings (SSSR count). The van der Waals surface area contributed by atoms with E-state index in [9.17, 15) is 4.79 Å². The highest BCUT2D eigenvalue weighted by molar-refractivity contribution is 5.72. The van der Waals surface area contributed by atoms with E-state index in [1.165, 1.54) is 20.0 Å². The minimum atomic E-state index is -0.126. The molecule has 2 atom stereocenters. The van der Waals surface area contributed by atoms with Gasteiger partial charge in [0.2, 0.25) is 0 Å². The van der Waals surface area contributed by atoms with Crippen molar-refractivity contribution >= 4 is 5.97 Å². The van der Waals surface area contributed by atoms with E-state index >= 15 is 0 Å². The van der Waals surface area contributed by atoms with Crippen LogP contribution in [-0.4, -0.2) is 27.8 Å². The van der Waals surface area contributed by atoms with Gasteiger partial charge in [-0.25, -0.2) is 0 Å². The van der Waals surface area contributed by atoms with Gasteiger partial charge in [0.15, 0.2) is 0 Å². The summed E-state index contributed by atoms with van der Waals surface area (Å²) in [6.07, 6.45) is 3.95. The predicted molar refractivity (Wildman–Crippen MR) is 60.5 cm³/mol. The highest BCUT2D eigenvalue weighted by atomic mass is 16.5. The Morgan fingerprint density at radius 2 is 2.18 bits per heavy atom. The fourth-order valence-electron chi connectivity index (χ4n) is 2.74. The fourth-order valence-corrected chi connectivity index (χ4v) is 2.74. The first kappa shape index (κ1) is 10.7. The second-order valence-corrected chi connectivity index (χ2v) is 5.13. The van der Waals surface area contributed by atoms with Crippen molar-refractivity contribution in [2.45, 2.75) is 44.6 Å². The summed E-state index contributed by atoms with van der Waals surface area (Å²) in [7, 11) is 1.45. The van der Waals surface area contributed by atoms with Crippen LogP contribution in [0.1, 0.15) is 49.8 Å². The van der Waals surface area contributed by atoms with Crippen molar-refractivity contribution in [3.8, 4) is 0 Å². The Balaban J connectivity index is 1.89. The van der Waals surface area contributed by atoms with Crippen molar-refractivity contribution in [1.82, 2.24) is 14.8 Å². The van der Waals surface area contributed by atoms with Crippen LogP contribution in [0.25, 0.3) is 0 Å². The molecule has 92 valence electrons. The van der Waals surface area contributed by atoms with E-state index < -0.39 is 0 Å². The molecule has 0 bridgehead atoms. The summed E-state index contributed by atoms with van der Waals surface area (Å²) in [6, 6.07) is 0.299.